The molecule has 2 atom stereocenters. The van der Waals surface area contributed by atoms with Crippen LogP contribution in [0.3, 0.4) is 0 Å². The summed E-state index contributed by atoms with van der Waals surface area (Å²) in [6.07, 6.45) is 9.26. The second-order valence-corrected chi connectivity index (χ2v) is 11.1. The van der Waals surface area contributed by atoms with Gasteiger partial charge in [-0.05, 0) is 75.3 Å². The molecule has 2 aromatic carbocycles. The van der Waals surface area contributed by atoms with Crippen LogP contribution < -0.4 is 9.50 Å². The molecule has 7 heteroatoms. The van der Waals surface area contributed by atoms with Gasteiger partial charge in [0, 0.05) is 31.6 Å². The summed E-state index contributed by atoms with van der Waals surface area (Å²) in [5, 5.41) is 3.74. The number of carbonyl (C=O) groups excluding carboxylic acids is 1. The Labute approximate surface area is 211 Å². The van der Waals surface area contributed by atoms with Crippen molar-refractivity contribution in [3.8, 4) is 5.75 Å². The molecule has 3 rings (SSSR count). The van der Waals surface area contributed by atoms with Crippen molar-refractivity contribution in [1.29, 1.82) is 0 Å². The Morgan fingerprint density at radius 3 is 2.46 bits per heavy atom. The quantitative estimate of drug-likeness (QED) is 0.297. The highest BCUT2D eigenvalue weighted by Crippen LogP contribution is 2.20. The molecule has 1 amide bonds. The minimum atomic E-state index is -3.83. The van der Waals surface area contributed by atoms with Gasteiger partial charge in [0.2, 0.25) is 5.91 Å². The lowest BCUT2D eigenvalue weighted by atomic mass is 10.0. The van der Waals surface area contributed by atoms with Crippen molar-refractivity contribution in [3.63, 3.8) is 0 Å². The number of amides is 1. The van der Waals surface area contributed by atoms with Crippen molar-refractivity contribution in [2.24, 2.45) is 0 Å². The van der Waals surface area contributed by atoms with E-state index in [-0.39, 0.29) is 4.90 Å². The maximum atomic E-state index is 12.4. The smallest absolute Gasteiger partial charge is 0.339 e. The van der Waals surface area contributed by atoms with Crippen molar-refractivity contribution in [2.45, 2.75) is 88.6 Å². The highest BCUT2D eigenvalue weighted by atomic mass is 32.2. The summed E-state index contributed by atoms with van der Waals surface area (Å²) in [6, 6.07) is 16.2. The van der Waals surface area contributed by atoms with Gasteiger partial charge in [0.05, 0.1) is 0 Å². The molecule has 2 aromatic rings. The number of rotatable bonds is 13. The normalized spacial score (nSPS) is 16.5. The van der Waals surface area contributed by atoms with Crippen molar-refractivity contribution in [3.05, 3.63) is 60.2 Å². The van der Waals surface area contributed by atoms with Crippen LogP contribution in [0.25, 0.3) is 0 Å². The van der Waals surface area contributed by atoms with Gasteiger partial charge < -0.3 is 14.4 Å². The van der Waals surface area contributed by atoms with Crippen molar-refractivity contribution in [2.75, 3.05) is 13.1 Å². The molecule has 1 heterocycles. The molecular formula is C28H40N2O4S. The van der Waals surface area contributed by atoms with E-state index in [1.165, 1.54) is 18.6 Å². The van der Waals surface area contributed by atoms with Crippen LogP contribution in [0.15, 0.2) is 59.5 Å². The number of hydrogen-bond acceptors (Lipinski definition) is 5. The number of nitrogens with zero attached hydrogens (tertiary/aromatic N) is 1. The van der Waals surface area contributed by atoms with E-state index in [9.17, 15) is 13.2 Å². The van der Waals surface area contributed by atoms with E-state index in [4.69, 9.17) is 4.18 Å². The lowest BCUT2D eigenvalue weighted by Crippen LogP contribution is -2.37. The Morgan fingerprint density at radius 2 is 1.74 bits per heavy atom. The van der Waals surface area contributed by atoms with E-state index >= 15 is 0 Å². The Morgan fingerprint density at radius 1 is 1.00 bits per heavy atom. The number of benzene rings is 2. The van der Waals surface area contributed by atoms with E-state index in [2.05, 4.69) is 24.1 Å². The zero-order valence-electron chi connectivity index (χ0n) is 21.1. The fraction of sp³-hybridized carbons (Fsp3) is 0.536. The second kappa shape index (κ2) is 13.6. The minimum Gasteiger partial charge on any atom is -0.379 e. The minimum absolute atomic E-state index is 0.144. The SMILES string of the molecule is CCC(CCCCN1CCCCCC1=O)NC(C)Cc1ccc(OS(=O)(=O)c2ccccc2)cc1. The lowest BCUT2D eigenvalue weighted by molar-refractivity contribution is -0.130. The standard InChI is InChI=1S/C28H40N2O4S/c1-3-25(12-9-11-21-30-20-10-5-8-15-28(30)31)29-23(2)22-24-16-18-26(19-17-24)34-35(32,33)27-13-6-4-7-14-27/h4,6-7,13-14,16-19,23,25,29H,3,5,8-12,15,20-22H2,1-2H3. The first kappa shape index (κ1) is 27.2. The average molecular weight is 501 g/mol. The third kappa shape index (κ3) is 8.97. The molecule has 1 aliphatic rings. The molecule has 1 fully saturated rings. The molecule has 0 spiro atoms. The summed E-state index contributed by atoms with van der Waals surface area (Å²) in [7, 11) is -3.83. The third-order valence-corrected chi connectivity index (χ3v) is 7.88. The van der Waals surface area contributed by atoms with E-state index < -0.39 is 10.1 Å². The van der Waals surface area contributed by atoms with Crippen LogP contribution in [0.5, 0.6) is 5.75 Å². The number of hydrogen-bond donors (Lipinski definition) is 1. The molecule has 0 aliphatic carbocycles. The molecule has 35 heavy (non-hydrogen) atoms. The van der Waals surface area contributed by atoms with Crippen molar-refractivity contribution >= 4 is 16.0 Å². The molecule has 192 valence electrons. The Hall–Kier alpha value is -2.38. The van der Waals surface area contributed by atoms with Gasteiger partial charge in [0.15, 0.2) is 0 Å². The van der Waals surface area contributed by atoms with Crippen LogP contribution in [0.1, 0.15) is 70.8 Å². The molecule has 0 aromatic heterocycles. The summed E-state index contributed by atoms with van der Waals surface area (Å²) in [4.78, 5) is 14.3. The molecule has 2 unspecified atom stereocenters. The lowest BCUT2D eigenvalue weighted by Gasteiger charge is -2.24. The van der Waals surface area contributed by atoms with Gasteiger partial charge >= 0.3 is 10.1 Å². The Kier molecular flexibility index (Phi) is 10.6. The molecule has 0 bridgehead atoms. The van der Waals surface area contributed by atoms with Gasteiger partial charge in [-0.3, -0.25) is 4.79 Å². The summed E-state index contributed by atoms with van der Waals surface area (Å²) in [5.74, 6) is 0.642. The van der Waals surface area contributed by atoms with E-state index in [1.54, 1.807) is 30.3 Å². The van der Waals surface area contributed by atoms with Crippen molar-refractivity contribution in [1.82, 2.24) is 10.2 Å². The summed E-state index contributed by atoms with van der Waals surface area (Å²) < 4.78 is 30.1. The zero-order chi connectivity index (χ0) is 25.1. The van der Waals surface area contributed by atoms with Crippen LogP contribution in [-0.2, 0) is 21.3 Å². The predicted octanol–water partition coefficient (Wildman–Crippen LogP) is 5.33. The number of carbonyl (C=O) groups is 1. The summed E-state index contributed by atoms with van der Waals surface area (Å²) in [5.41, 5.74) is 1.13. The number of likely N-dealkylation sites (tertiary alicyclic amines) is 1. The first-order valence-corrected chi connectivity index (χ1v) is 14.4. The molecule has 0 radical (unpaired) electrons. The zero-order valence-corrected chi connectivity index (χ0v) is 21.9. The molecule has 1 saturated heterocycles. The van der Waals surface area contributed by atoms with E-state index in [1.807, 2.05) is 12.1 Å². The van der Waals surface area contributed by atoms with Gasteiger partial charge in [-0.15, -0.1) is 0 Å². The van der Waals surface area contributed by atoms with E-state index in [0.717, 1.165) is 63.6 Å². The first-order valence-electron chi connectivity index (χ1n) is 13.0. The van der Waals surface area contributed by atoms with Gasteiger partial charge in [0.1, 0.15) is 10.6 Å². The molecule has 0 saturated carbocycles. The van der Waals surface area contributed by atoms with Crippen LogP contribution in [0.4, 0.5) is 0 Å². The van der Waals surface area contributed by atoms with Crippen LogP contribution in [0, 0.1) is 0 Å². The monoisotopic (exact) mass is 500 g/mol. The Bertz CT molecular complexity index is 1010. The number of unbranched alkanes of at least 4 members (excludes halogenated alkanes) is 1. The first-order chi connectivity index (χ1) is 16.9. The second-order valence-electron chi connectivity index (χ2n) is 9.56. The van der Waals surface area contributed by atoms with Gasteiger partial charge in [-0.1, -0.05) is 50.1 Å². The van der Waals surface area contributed by atoms with Gasteiger partial charge in [0.25, 0.3) is 0 Å². The summed E-state index contributed by atoms with van der Waals surface area (Å²) >= 11 is 0. The molecule has 6 nitrogen and oxygen atoms in total. The molecular weight excluding hydrogens is 460 g/mol. The van der Waals surface area contributed by atoms with Crippen LogP contribution in [0.2, 0.25) is 0 Å². The maximum Gasteiger partial charge on any atom is 0.339 e. The Balaban J connectivity index is 1.41. The van der Waals surface area contributed by atoms with Crippen molar-refractivity contribution < 1.29 is 17.4 Å². The van der Waals surface area contributed by atoms with Gasteiger partial charge in [-0.25, -0.2) is 0 Å². The maximum absolute atomic E-state index is 12.4. The average Bonchev–Trinajstić information content (AvgIpc) is 3.06. The molecule has 1 N–H and O–H groups in total. The highest BCUT2D eigenvalue weighted by molar-refractivity contribution is 7.87. The van der Waals surface area contributed by atoms with E-state index in [0.29, 0.717) is 30.2 Å². The highest BCUT2D eigenvalue weighted by Gasteiger charge is 2.18. The fourth-order valence-electron chi connectivity index (χ4n) is 4.63. The third-order valence-electron chi connectivity index (χ3n) is 6.62. The molecule has 1 aliphatic heterocycles. The summed E-state index contributed by atoms with van der Waals surface area (Å²) in [6.45, 7) is 6.21. The largest absolute Gasteiger partial charge is 0.379 e. The predicted molar refractivity (Wildman–Crippen MR) is 140 cm³/mol. The van der Waals surface area contributed by atoms with Crippen LogP contribution in [-0.4, -0.2) is 44.4 Å². The van der Waals surface area contributed by atoms with Gasteiger partial charge in [-0.2, -0.15) is 8.42 Å². The fourth-order valence-corrected chi connectivity index (χ4v) is 5.58. The number of nitrogens with one attached hydrogen (secondary N) is 1. The topological polar surface area (TPSA) is 75.7 Å². The van der Waals surface area contributed by atoms with Crippen LogP contribution >= 0.6 is 0 Å².